The maximum Gasteiger partial charge on any atom is 0.259 e. The van der Waals surface area contributed by atoms with Crippen molar-refractivity contribution >= 4 is 15.8 Å². The van der Waals surface area contributed by atoms with Crippen molar-refractivity contribution in [1.29, 1.82) is 0 Å². The summed E-state index contributed by atoms with van der Waals surface area (Å²) < 4.78 is 41.2. The molecule has 1 aliphatic heterocycles. The van der Waals surface area contributed by atoms with Crippen LogP contribution in [0.4, 0.5) is 10.2 Å². The fourth-order valence-corrected chi connectivity index (χ4v) is 3.68. The highest BCUT2D eigenvalue weighted by molar-refractivity contribution is 7.89. The van der Waals surface area contributed by atoms with Gasteiger partial charge in [0.2, 0.25) is 0 Å². The summed E-state index contributed by atoms with van der Waals surface area (Å²) >= 11 is 0. The standard InChI is InChI=1S/C14H18FN5O3S/c1-19-7-13(17-10-19)24(22,23)18-8-14(21)4-5-20(9-14)12-3-2-11(15)6-16-12/h2-3,6-7,10,18,21H,4-5,8-9H2,1H3. The van der Waals surface area contributed by atoms with Crippen LogP contribution in [0, 0.1) is 5.82 Å². The number of sulfonamides is 1. The monoisotopic (exact) mass is 355 g/mol. The summed E-state index contributed by atoms with van der Waals surface area (Å²) in [5, 5.41) is 10.5. The van der Waals surface area contributed by atoms with Crippen LogP contribution < -0.4 is 9.62 Å². The lowest BCUT2D eigenvalue weighted by Crippen LogP contribution is -2.45. The van der Waals surface area contributed by atoms with Gasteiger partial charge in [0.25, 0.3) is 10.0 Å². The van der Waals surface area contributed by atoms with Gasteiger partial charge >= 0.3 is 0 Å². The number of nitrogens with zero attached hydrogens (tertiary/aromatic N) is 4. The number of anilines is 1. The predicted molar refractivity (Wildman–Crippen MR) is 84.4 cm³/mol. The van der Waals surface area contributed by atoms with E-state index in [1.54, 1.807) is 11.9 Å². The number of β-amino-alcohol motifs (C(OH)–C–C–N with tert-alkyl or cyclic N) is 1. The molecule has 24 heavy (non-hydrogen) atoms. The topological polar surface area (TPSA) is 100 Å². The highest BCUT2D eigenvalue weighted by Crippen LogP contribution is 2.25. The summed E-state index contributed by atoms with van der Waals surface area (Å²) in [6, 6.07) is 2.82. The van der Waals surface area contributed by atoms with Crippen molar-refractivity contribution in [1.82, 2.24) is 19.3 Å². The lowest BCUT2D eigenvalue weighted by atomic mass is 10.0. The number of halogens is 1. The number of aromatic nitrogens is 3. The maximum atomic E-state index is 12.9. The van der Waals surface area contributed by atoms with Crippen LogP contribution in [-0.2, 0) is 17.1 Å². The van der Waals surface area contributed by atoms with Crippen LogP contribution in [-0.4, -0.2) is 53.3 Å². The molecule has 10 heteroatoms. The number of imidazole rings is 1. The van der Waals surface area contributed by atoms with E-state index in [-0.39, 0.29) is 18.1 Å². The van der Waals surface area contributed by atoms with E-state index in [0.717, 1.165) is 6.20 Å². The molecule has 3 heterocycles. The number of nitrogens with one attached hydrogen (secondary N) is 1. The van der Waals surface area contributed by atoms with E-state index in [0.29, 0.717) is 18.8 Å². The van der Waals surface area contributed by atoms with Crippen molar-refractivity contribution < 1.29 is 17.9 Å². The van der Waals surface area contributed by atoms with E-state index < -0.39 is 21.4 Å². The van der Waals surface area contributed by atoms with Gasteiger partial charge in [-0.2, -0.15) is 0 Å². The average Bonchev–Trinajstić information content (AvgIpc) is 3.14. The van der Waals surface area contributed by atoms with Gasteiger partial charge < -0.3 is 14.6 Å². The molecule has 1 fully saturated rings. The fourth-order valence-electron chi connectivity index (χ4n) is 2.58. The molecule has 1 atom stereocenters. The van der Waals surface area contributed by atoms with Crippen LogP contribution in [0.1, 0.15) is 6.42 Å². The second-order valence-electron chi connectivity index (χ2n) is 5.93. The number of hydrogen-bond acceptors (Lipinski definition) is 6. The van der Waals surface area contributed by atoms with E-state index in [2.05, 4.69) is 14.7 Å². The number of aliphatic hydroxyl groups is 1. The van der Waals surface area contributed by atoms with Crippen molar-refractivity contribution in [3.05, 3.63) is 36.7 Å². The highest BCUT2D eigenvalue weighted by atomic mass is 32.2. The fraction of sp³-hybridized carbons (Fsp3) is 0.429. The molecule has 2 N–H and O–H groups in total. The van der Waals surface area contributed by atoms with Gasteiger partial charge in [0.15, 0.2) is 5.03 Å². The number of pyridine rings is 1. The molecule has 0 spiro atoms. The predicted octanol–water partition coefficient (Wildman–Crippen LogP) is -0.126. The first-order valence-electron chi connectivity index (χ1n) is 7.34. The lowest BCUT2D eigenvalue weighted by Gasteiger charge is -2.24. The summed E-state index contributed by atoms with van der Waals surface area (Å²) in [4.78, 5) is 9.56. The van der Waals surface area contributed by atoms with Crippen LogP contribution in [0.25, 0.3) is 0 Å². The van der Waals surface area contributed by atoms with Crippen LogP contribution >= 0.6 is 0 Å². The molecule has 8 nitrogen and oxygen atoms in total. The Bertz CT molecular complexity index is 823. The number of rotatable bonds is 5. The molecule has 0 aromatic carbocycles. The molecule has 0 bridgehead atoms. The highest BCUT2D eigenvalue weighted by Gasteiger charge is 2.38. The first-order chi connectivity index (χ1) is 11.3. The van der Waals surface area contributed by atoms with Crippen molar-refractivity contribution in [3.63, 3.8) is 0 Å². The van der Waals surface area contributed by atoms with Gasteiger partial charge in [-0.15, -0.1) is 0 Å². The molecular formula is C14H18FN5O3S. The third-order valence-electron chi connectivity index (χ3n) is 3.92. The minimum atomic E-state index is -3.78. The summed E-state index contributed by atoms with van der Waals surface area (Å²) in [5.74, 6) is 0.108. The first kappa shape index (κ1) is 16.8. The number of aryl methyl sites for hydroxylation is 1. The normalized spacial score (nSPS) is 21.4. The Morgan fingerprint density at radius 2 is 2.21 bits per heavy atom. The van der Waals surface area contributed by atoms with E-state index in [4.69, 9.17) is 0 Å². The molecule has 1 aliphatic rings. The minimum Gasteiger partial charge on any atom is -0.387 e. The minimum absolute atomic E-state index is 0.0938. The zero-order chi connectivity index (χ0) is 17.4. The SMILES string of the molecule is Cn1cnc(S(=O)(=O)NCC2(O)CCN(c3ccc(F)cn3)C2)c1. The Morgan fingerprint density at radius 1 is 1.42 bits per heavy atom. The zero-order valence-corrected chi connectivity index (χ0v) is 13.9. The summed E-state index contributed by atoms with van der Waals surface area (Å²) in [6.45, 7) is 0.570. The molecule has 0 aliphatic carbocycles. The first-order valence-corrected chi connectivity index (χ1v) is 8.82. The lowest BCUT2D eigenvalue weighted by molar-refractivity contribution is 0.0685. The van der Waals surface area contributed by atoms with Crippen molar-refractivity contribution in [2.24, 2.45) is 7.05 Å². The third kappa shape index (κ3) is 3.55. The smallest absolute Gasteiger partial charge is 0.259 e. The largest absolute Gasteiger partial charge is 0.387 e. The molecule has 1 unspecified atom stereocenters. The second-order valence-corrected chi connectivity index (χ2v) is 7.65. The Kier molecular flexibility index (Phi) is 4.28. The molecule has 0 amide bonds. The van der Waals surface area contributed by atoms with Gasteiger partial charge in [0, 0.05) is 32.9 Å². The van der Waals surface area contributed by atoms with Gasteiger partial charge in [-0.3, -0.25) is 0 Å². The third-order valence-corrected chi connectivity index (χ3v) is 5.20. The molecule has 3 rings (SSSR count). The van der Waals surface area contributed by atoms with Gasteiger partial charge in [-0.1, -0.05) is 0 Å². The van der Waals surface area contributed by atoms with Crippen molar-refractivity contribution in [2.75, 3.05) is 24.5 Å². The second kappa shape index (κ2) is 6.11. The maximum absolute atomic E-state index is 12.9. The number of hydrogen-bond donors (Lipinski definition) is 2. The average molecular weight is 355 g/mol. The summed E-state index contributed by atoms with van der Waals surface area (Å²) in [5.41, 5.74) is -1.22. The molecule has 0 radical (unpaired) electrons. The quantitative estimate of drug-likeness (QED) is 0.775. The van der Waals surface area contributed by atoms with E-state index in [1.807, 2.05) is 0 Å². The van der Waals surface area contributed by atoms with Crippen LogP contribution in [0.5, 0.6) is 0 Å². The van der Waals surface area contributed by atoms with Crippen molar-refractivity contribution in [3.8, 4) is 0 Å². The Labute approximate surface area is 139 Å². The Hall–Kier alpha value is -2.04. The van der Waals surface area contributed by atoms with Gasteiger partial charge in [0.1, 0.15) is 11.6 Å². The van der Waals surface area contributed by atoms with Gasteiger partial charge in [-0.05, 0) is 18.6 Å². The molecule has 2 aromatic rings. The summed E-state index contributed by atoms with van der Waals surface area (Å²) in [6.07, 6.45) is 4.25. The van der Waals surface area contributed by atoms with E-state index >= 15 is 0 Å². The molecular weight excluding hydrogens is 337 g/mol. The summed E-state index contributed by atoms with van der Waals surface area (Å²) in [7, 11) is -2.11. The molecule has 1 saturated heterocycles. The van der Waals surface area contributed by atoms with Gasteiger partial charge in [0.05, 0.1) is 18.1 Å². The zero-order valence-electron chi connectivity index (χ0n) is 13.1. The van der Waals surface area contributed by atoms with E-state index in [9.17, 15) is 17.9 Å². The Morgan fingerprint density at radius 3 is 2.83 bits per heavy atom. The van der Waals surface area contributed by atoms with Crippen LogP contribution in [0.15, 0.2) is 35.9 Å². The van der Waals surface area contributed by atoms with Crippen molar-refractivity contribution in [2.45, 2.75) is 17.0 Å². The Balaban J connectivity index is 1.64. The molecule has 0 saturated carbocycles. The molecule has 2 aromatic heterocycles. The van der Waals surface area contributed by atoms with Crippen LogP contribution in [0.2, 0.25) is 0 Å². The van der Waals surface area contributed by atoms with Crippen LogP contribution in [0.3, 0.4) is 0 Å². The molecule has 130 valence electrons. The van der Waals surface area contributed by atoms with Gasteiger partial charge in [-0.25, -0.2) is 27.5 Å². The van der Waals surface area contributed by atoms with E-state index in [1.165, 1.54) is 29.2 Å².